The van der Waals surface area contributed by atoms with Crippen molar-refractivity contribution in [3.8, 4) is 0 Å². The summed E-state index contributed by atoms with van der Waals surface area (Å²) in [5.41, 5.74) is 3.00. The molecular weight excluding hydrogens is 224 g/mol. The van der Waals surface area contributed by atoms with Crippen LogP contribution < -0.4 is 0 Å². The number of hydrogen-bond acceptors (Lipinski definition) is 2. The first-order valence-electron chi connectivity index (χ1n) is 6.81. The molecule has 0 amide bonds. The molecule has 0 aromatic heterocycles. The molecule has 0 bridgehead atoms. The van der Waals surface area contributed by atoms with Gasteiger partial charge in [-0.15, -0.1) is 0 Å². The first-order chi connectivity index (χ1) is 8.29. The molecule has 0 aliphatic heterocycles. The minimum absolute atomic E-state index is 0.0195. The molecule has 1 rings (SSSR count). The Morgan fingerprint density at radius 3 is 1.56 bits per heavy atom. The fraction of sp³-hybridized carbons (Fsp3) is 0.625. The lowest BCUT2D eigenvalue weighted by molar-refractivity contribution is 0.166. The summed E-state index contributed by atoms with van der Waals surface area (Å²) in [6, 6.07) is 6.04. The van der Waals surface area contributed by atoms with Crippen LogP contribution in [0.4, 0.5) is 0 Å². The van der Waals surface area contributed by atoms with E-state index in [1.165, 1.54) is 0 Å². The molecule has 0 radical (unpaired) electrons. The van der Waals surface area contributed by atoms with Crippen LogP contribution in [-0.4, -0.2) is 10.2 Å². The van der Waals surface area contributed by atoms with Crippen molar-refractivity contribution in [3.63, 3.8) is 0 Å². The second-order valence-electron chi connectivity index (χ2n) is 5.99. The van der Waals surface area contributed by atoms with Crippen molar-refractivity contribution in [2.45, 2.75) is 65.1 Å². The smallest absolute Gasteiger partial charge is 0.0787 e. The normalized spacial score (nSPS) is 15.5. The molecule has 2 nitrogen and oxygen atoms in total. The van der Waals surface area contributed by atoms with Crippen molar-refractivity contribution in [2.75, 3.05) is 0 Å². The number of aliphatic hydroxyl groups is 2. The summed E-state index contributed by atoms with van der Waals surface area (Å²) in [5, 5.41) is 20.0. The molecule has 0 aliphatic carbocycles. The van der Waals surface area contributed by atoms with Crippen molar-refractivity contribution >= 4 is 0 Å². The lowest BCUT2D eigenvalue weighted by Crippen LogP contribution is -2.13. The predicted octanol–water partition coefficient (Wildman–Crippen LogP) is 3.87. The van der Waals surface area contributed by atoms with Crippen LogP contribution in [0, 0.1) is 0 Å². The van der Waals surface area contributed by atoms with E-state index in [0.29, 0.717) is 12.8 Å². The second-order valence-corrected chi connectivity index (χ2v) is 5.99. The maximum atomic E-state index is 10.0. The largest absolute Gasteiger partial charge is 0.388 e. The quantitative estimate of drug-likeness (QED) is 0.851. The lowest BCUT2D eigenvalue weighted by atomic mass is 9.83. The van der Waals surface area contributed by atoms with Gasteiger partial charge in [0.2, 0.25) is 0 Å². The Hall–Kier alpha value is -0.860. The molecule has 102 valence electrons. The highest BCUT2D eigenvalue weighted by atomic mass is 16.3. The van der Waals surface area contributed by atoms with E-state index in [0.717, 1.165) is 16.7 Å². The zero-order chi connectivity index (χ0) is 13.9. The fourth-order valence-electron chi connectivity index (χ4n) is 1.97. The van der Waals surface area contributed by atoms with Gasteiger partial charge in [-0.25, -0.2) is 0 Å². The Morgan fingerprint density at radius 1 is 0.889 bits per heavy atom. The molecule has 2 heteroatoms. The Bertz CT molecular complexity index is 362. The SMILES string of the molecule is CCC(O)c1cc(C(O)CC)cc(C(C)(C)C)c1. The van der Waals surface area contributed by atoms with E-state index in [4.69, 9.17) is 0 Å². The van der Waals surface area contributed by atoms with Crippen LogP contribution in [0.2, 0.25) is 0 Å². The molecule has 0 saturated carbocycles. The Balaban J connectivity index is 3.29. The number of aliphatic hydroxyl groups excluding tert-OH is 2. The van der Waals surface area contributed by atoms with Gasteiger partial charge in [0.15, 0.2) is 0 Å². The van der Waals surface area contributed by atoms with E-state index in [2.05, 4.69) is 32.9 Å². The van der Waals surface area contributed by atoms with Crippen LogP contribution >= 0.6 is 0 Å². The Labute approximate surface area is 111 Å². The highest BCUT2D eigenvalue weighted by Crippen LogP contribution is 2.30. The molecule has 2 atom stereocenters. The molecular formula is C16H26O2. The Morgan fingerprint density at radius 2 is 1.28 bits per heavy atom. The van der Waals surface area contributed by atoms with Gasteiger partial charge in [0.05, 0.1) is 12.2 Å². The monoisotopic (exact) mass is 250 g/mol. The molecule has 2 N–H and O–H groups in total. The highest BCUT2D eigenvalue weighted by Gasteiger charge is 2.19. The van der Waals surface area contributed by atoms with Gasteiger partial charge in [-0.1, -0.05) is 52.8 Å². The van der Waals surface area contributed by atoms with Crippen molar-refractivity contribution in [2.24, 2.45) is 0 Å². The van der Waals surface area contributed by atoms with E-state index in [-0.39, 0.29) is 5.41 Å². The van der Waals surface area contributed by atoms with Crippen LogP contribution in [0.5, 0.6) is 0 Å². The van der Waals surface area contributed by atoms with Gasteiger partial charge in [-0.05, 0) is 34.9 Å². The summed E-state index contributed by atoms with van der Waals surface area (Å²) in [5.74, 6) is 0. The van der Waals surface area contributed by atoms with E-state index < -0.39 is 12.2 Å². The summed E-state index contributed by atoms with van der Waals surface area (Å²) in [6.07, 6.45) is 0.482. The third-order valence-corrected chi connectivity index (χ3v) is 3.39. The van der Waals surface area contributed by atoms with E-state index in [1.54, 1.807) is 0 Å². The summed E-state index contributed by atoms with van der Waals surface area (Å²) in [4.78, 5) is 0. The standard InChI is InChI=1S/C16H26O2/c1-6-14(17)11-8-12(15(18)7-2)10-13(9-11)16(3,4)5/h8-10,14-15,17-18H,6-7H2,1-5H3. The molecule has 0 heterocycles. The predicted molar refractivity (Wildman–Crippen MR) is 75.6 cm³/mol. The average molecular weight is 250 g/mol. The topological polar surface area (TPSA) is 40.5 Å². The second kappa shape index (κ2) is 5.85. The van der Waals surface area contributed by atoms with Crippen molar-refractivity contribution < 1.29 is 10.2 Å². The van der Waals surface area contributed by atoms with Gasteiger partial charge in [-0.2, -0.15) is 0 Å². The van der Waals surface area contributed by atoms with Crippen LogP contribution in [0.1, 0.15) is 76.4 Å². The van der Waals surface area contributed by atoms with Gasteiger partial charge in [-0.3, -0.25) is 0 Å². The molecule has 0 spiro atoms. The van der Waals surface area contributed by atoms with Crippen LogP contribution in [-0.2, 0) is 5.41 Å². The van der Waals surface area contributed by atoms with Crippen LogP contribution in [0.25, 0.3) is 0 Å². The summed E-state index contributed by atoms with van der Waals surface area (Å²) >= 11 is 0. The average Bonchev–Trinajstić information content (AvgIpc) is 2.35. The zero-order valence-corrected chi connectivity index (χ0v) is 12.2. The zero-order valence-electron chi connectivity index (χ0n) is 12.2. The van der Waals surface area contributed by atoms with Crippen LogP contribution in [0.3, 0.4) is 0 Å². The first-order valence-corrected chi connectivity index (χ1v) is 6.81. The number of hydrogen-bond donors (Lipinski definition) is 2. The third-order valence-electron chi connectivity index (χ3n) is 3.39. The van der Waals surface area contributed by atoms with Gasteiger partial charge < -0.3 is 10.2 Å². The molecule has 1 aromatic carbocycles. The minimum atomic E-state index is -0.449. The van der Waals surface area contributed by atoms with Gasteiger partial charge in [0.25, 0.3) is 0 Å². The van der Waals surface area contributed by atoms with Gasteiger partial charge in [0.1, 0.15) is 0 Å². The summed E-state index contributed by atoms with van der Waals surface area (Å²) in [6.45, 7) is 10.4. The van der Waals surface area contributed by atoms with E-state index in [1.807, 2.05) is 19.9 Å². The van der Waals surface area contributed by atoms with Crippen molar-refractivity contribution in [3.05, 3.63) is 34.9 Å². The highest BCUT2D eigenvalue weighted by molar-refractivity contribution is 5.36. The number of benzene rings is 1. The Kier molecular flexibility index (Phi) is 4.94. The summed E-state index contributed by atoms with van der Waals surface area (Å²) < 4.78 is 0. The molecule has 2 unspecified atom stereocenters. The third kappa shape index (κ3) is 3.56. The van der Waals surface area contributed by atoms with E-state index >= 15 is 0 Å². The maximum absolute atomic E-state index is 10.0. The van der Waals surface area contributed by atoms with Gasteiger partial charge >= 0.3 is 0 Å². The lowest BCUT2D eigenvalue weighted by Gasteiger charge is -2.23. The molecule has 0 fully saturated rings. The minimum Gasteiger partial charge on any atom is -0.388 e. The van der Waals surface area contributed by atoms with E-state index in [9.17, 15) is 10.2 Å². The number of rotatable bonds is 4. The maximum Gasteiger partial charge on any atom is 0.0787 e. The summed E-state index contributed by atoms with van der Waals surface area (Å²) in [7, 11) is 0. The fourth-order valence-corrected chi connectivity index (χ4v) is 1.97. The van der Waals surface area contributed by atoms with Gasteiger partial charge in [0, 0.05) is 0 Å². The molecule has 18 heavy (non-hydrogen) atoms. The first kappa shape index (κ1) is 15.2. The van der Waals surface area contributed by atoms with Crippen molar-refractivity contribution in [1.29, 1.82) is 0 Å². The molecule has 1 aromatic rings. The molecule has 0 saturated heterocycles. The molecule has 0 aliphatic rings. The van der Waals surface area contributed by atoms with Crippen LogP contribution in [0.15, 0.2) is 18.2 Å². The van der Waals surface area contributed by atoms with Crippen molar-refractivity contribution in [1.82, 2.24) is 0 Å².